The first-order chi connectivity index (χ1) is 12.5. The summed E-state index contributed by atoms with van der Waals surface area (Å²) in [5, 5.41) is 12.5. The zero-order valence-corrected chi connectivity index (χ0v) is 14.9. The van der Waals surface area contributed by atoms with Crippen molar-refractivity contribution in [1.82, 2.24) is 4.98 Å². The third kappa shape index (κ3) is 3.45. The van der Waals surface area contributed by atoms with Crippen LogP contribution in [0.5, 0.6) is 11.5 Å². The lowest BCUT2D eigenvalue weighted by Gasteiger charge is -2.10. The third-order valence-electron chi connectivity index (χ3n) is 3.83. The molecule has 0 amide bonds. The summed E-state index contributed by atoms with van der Waals surface area (Å²) in [6, 6.07) is 12.2. The van der Waals surface area contributed by atoms with Crippen LogP contribution in [-0.4, -0.2) is 24.1 Å². The lowest BCUT2D eigenvalue weighted by atomic mass is 10.1. The van der Waals surface area contributed by atoms with Gasteiger partial charge in [0, 0.05) is 5.02 Å². The first-order valence-corrected chi connectivity index (χ1v) is 8.05. The molecule has 6 nitrogen and oxygen atoms in total. The van der Waals surface area contributed by atoms with Crippen LogP contribution in [0.3, 0.4) is 0 Å². The number of nitro benzene ring substituents is 1. The molecule has 0 bridgehead atoms. The second-order valence-corrected chi connectivity index (χ2v) is 5.84. The van der Waals surface area contributed by atoms with Crippen LogP contribution in [0.25, 0.3) is 23.1 Å². The molecule has 0 fully saturated rings. The van der Waals surface area contributed by atoms with E-state index in [1.54, 1.807) is 12.1 Å². The minimum Gasteiger partial charge on any atom is -0.494 e. The van der Waals surface area contributed by atoms with E-state index in [0.29, 0.717) is 27.4 Å². The number of hydrogen-bond donors (Lipinski definition) is 0. The van der Waals surface area contributed by atoms with Crippen LogP contribution in [-0.2, 0) is 0 Å². The van der Waals surface area contributed by atoms with E-state index in [1.165, 1.54) is 20.3 Å². The van der Waals surface area contributed by atoms with E-state index in [-0.39, 0.29) is 11.4 Å². The highest BCUT2D eigenvalue weighted by molar-refractivity contribution is 6.30. The number of methoxy groups -OCH3 is 2. The van der Waals surface area contributed by atoms with Gasteiger partial charge in [-0.2, -0.15) is 0 Å². The number of benzene rings is 2. The van der Waals surface area contributed by atoms with Crippen molar-refractivity contribution in [2.45, 2.75) is 0 Å². The van der Waals surface area contributed by atoms with Gasteiger partial charge in [-0.25, -0.2) is 4.98 Å². The third-order valence-corrected chi connectivity index (χ3v) is 4.08. The molecule has 3 rings (SSSR count). The minimum atomic E-state index is -0.505. The number of pyridine rings is 1. The normalized spacial score (nSPS) is 11.0. The fraction of sp³-hybridized carbons (Fsp3) is 0.105. The number of fused-ring (bicyclic) bond motifs is 1. The maximum atomic E-state index is 11.3. The second-order valence-electron chi connectivity index (χ2n) is 5.41. The molecular weight excluding hydrogens is 356 g/mol. The highest BCUT2D eigenvalue weighted by Crippen LogP contribution is 2.40. The molecule has 0 spiro atoms. The molecule has 0 aliphatic carbocycles. The summed E-state index contributed by atoms with van der Waals surface area (Å²) in [6.07, 6.45) is 3.75. The summed E-state index contributed by atoms with van der Waals surface area (Å²) < 4.78 is 10.5. The summed E-state index contributed by atoms with van der Waals surface area (Å²) in [4.78, 5) is 15.3. The molecule has 132 valence electrons. The predicted molar refractivity (Wildman–Crippen MR) is 102 cm³/mol. The average Bonchev–Trinajstić information content (AvgIpc) is 2.65. The van der Waals surface area contributed by atoms with Crippen molar-refractivity contribution >= 4 is 40.3 Å². The molecule has 1 heterocycles. The van der Waals surface area contributed by atoms with Crippen molar-refractivity contribution < 1.29 is 14.4 Å². The zero-order valence-electron chi connectivity index (χ0n) is 14.1. The summed E-state index contributed by atoms with van der Waals surface area (Å²) in [7, 11) is 2.84. The molecule has 26 heavy (non-hydrogen) atoms. The minimum absolute atomic E-state index is 0.159. The van der Waals surface area contributed by atoms with Crippen molar-refractivity contribution in [2.24, 2.45) is 0 Å². The molecule has 0 saturated heterocycles. The Bertz CT molecular complexity index is 1000. The van der Waals surface area contributed by atoms with Gasteiger partial charge >= 0.3 is 5.69 Å². The zero-order chi connectivity index (χ0) is 18.7. The Morgan fingerprint density at radius 1 is 1.08 bits per heavy atom. The topological polar surface area (TPSA) is 74.5 Å². The molecule has 2 aromatic carbocycles. The largest absolute Gasteiger partial charge is 0.494 e. The maximum Gasteiger partial charge on any atom is 0.315 e. The van der Waals surface area contributed by atoms with Crippen LogP contribution in [0.4, 0.5) is 5.69 Å². The first kappa shape index (κ1) is 17.7. The molecule has 0 aliphatic heterocycles. The van der Waals surface area contributed by atoms with Crippen LogP contribution in [0.15, 0.2) is 42.5 Å². The Kier molecular flexibility index (Phi) is 5.04. The molecule has 0 unspecified atom stereocenters. The number of halogens is 1. The number of aromatic nitrogens is 1. The Morgan fingerprint density at radius 3 is 2.42 bits per heavy atom. The molecule has 3 aromatic rings. The van der Waals surface area contributed by atoms with Gasteiger partial charge in [0.05, 0.1) is 36.3 Å². The van der Waals surface area contributed by atoms with Gasteiger partial charge in [0.2, 0.25) is 5.75 Å². The van der Waals surface area contributed by atoms with E-state index >= 15 is 0 Å². The summed E-state index contributed by atoms with van der Waals surface area (Å²) in [5.74, 6) is 0.473. The van der Waals surface area contributed by atoms with Gasteiger partial charge in [0.25, 0.3) is 0 Å². The van der Waals surface area contributed by atoms with Crippen LogP contribution in [0.2, 0.25) is 5.02 Å². The summed E-state index contributed by atoms with van der Waals surface area (Å²) in [6.45, 7) is 0. The molecule has 0 atom stereocenters. The van der Waals surface area contributed by atoms with Gasteiger partial charge in [-0.05, 0) is 35.9 Å². The summed E-state index contributed by atoms with van der Waals surface area (Å²) in [5.41, 5.74) is 1.99. The van der Waals surface area contributed by atoms with Gasteiger partial charge < -0.3 is 9.47 Å². The lowest BCUT2D eigenvalue weighted by Crippen LogP contribution is -1.98. The van der Waals surface area contributed by atoms with Crippen molar-refractivity contribution in [3.8, 4) is 11.5 Å². The summed E-state index contributed by atoms with van der Waals surface area (Å²) >= 11 is 5.88. The second kappa shape index (κ2) is 7.41. The number of nitrogens with zero attached hydrogens (tertiary/aromatic N) is 2. The highest BCUT2D eigenvalue weighted by Gasteiger charge is 2.22. The van der Waals surface area contributed by atoms with Crippen LogP contribution < -0.4 is 9.47 Å². The predicted octanol–water partition coefficient (Wildman–Crippen LogP) is 4.98. The number of rotatable bonds is 5. The molecule has 0 N–H and O–H groups in total. The SMILES string of the molecule is COc1c([N+](=O)[O-])cc(OC)c2nc(/C=C/c3ccc(Cl)cc3)ccc12. The standard InChI is InChI=1S/C19H15ClN2O4/c1-25-17-11-16(22(23)24)19(26-2)15-10-9-14(21-18(15)17)8-5-12-3-6-13(20)7-4-12/h3-11H,1-2H3/b8-5+. The fourth-order valence-corrected chi connectivity index (χ4v) is 2.72. The molecule has 0 aliphatic rings. The van der Waals surface area contributed by atoms with Gasteiger partial charge in [0.15, 0.2) is 5.75 Å². The quantitative estimate of drug-likeness (QED) is 0.467. The van der Waals surface area contributed by atoms with E-state index in [4.69, 9.17) is 21.1 Å². The molecule has 7 heteroatoms. The van der Waals surface area contributed by atoms with Crippen LogP contribution in [0.1, 0.15) is 11.3 Å². The van der Waals surface area contributed by atoms with Gasteiger partial charge in [-0.1, -0.05) is 29.8 Å². The Morgan fingerprint density at radius 2 is 1.81 bits per heavy atom. The highest BCUT2D eigenvalue weighted by atomic mass is 35.5. The first-order valence-electron chi connectivity index (χ1n) is 7.67. The number of hydrogen-bond acceptors (Lipinski definition) is 5. The van der Waals surface area contributed by atoms with E-state index in [2.05, 4.69) is 4.98 Å². The van der Waals surface area contributed by atoms with E-state index < -0.39 is 4.92 Å². The number of ether oxygens (including phenoxy) is 2. The molecular formula is C19H15ClN2O4. The van der Waals surface area contributed by atoms with Crippen molar-refractivity contribution in [3.05, 3.63) is 68.9 Å². The Hall–Kier alpha value is -3.12. The van der Waals surface area contributed by atoms with Crippen LogP contribution >= 0.6 is 11.6 Å². The van der Waals surface area contributed by atoms with Crippen molar-refractivity contribution in [2.75, 3.05) is 14.2 Å². The van der Waals surface area contributed by atoms with E-state index in [0.717, 1.165) is 5.56 Å². The monoisotopic (exact) mass is 370 g/mol. The Balaban J connectivity index is 2.09. The van der Waals surface area contributed by atoms with Crippen LogP contribution in [0, 0.1) is 10.1 Å². The van der Waals surface area contributed by atoms with Gasteiger partial charge in [-0.3, -0.25) is 10.1 Å². The maximum absolute atomic E-state index is 11.3. The average molecular weight is 371 g/mol. The smallest absolute Gasteiger partial charge is 0.315 e. The molecule has 1 aromatic heterocycles. The van der Waals surface area contributed by atoms with Gasteiger partial charge in [-0.15, -0.1) is 0 Å². The van der Waals surface area contributed by atoms with Gasteiger partial charge in [0.1, 0.15) is 5.52 Å². The van der Waals surface area contributed by atoms with Crippen molar-refractivity contribution in [1.29, 1.82) is 0 Å². The lowest BCUT2D eigenvalue weighted by molar-refractivity contribution is -0.385. The number of nitro groups is 1. The Labute approximate surface area is 154 Å². The molecule has 0 radical (unpaired) electrons. The van der Waals surface area contributed by atoms with E-state index in [1.807, 2.05) is 36.4 Å². The van der Waals surface area contributed by atoms with E-state index in [9.17, 15) is 10.1 Å². The molecule has 0 saturated carbocycles. The fourth-order valence-electron chi connectivity index (χ4n) is 2.60. The van der Waals surface area contributed by atoms with Crippen molar-refractivity contribution in [3.63, 3.8) is 0 Å².